The number of nitrogens with zero attached hydrogens (tertiary/aromatic N) is 2. The summed E-state index contributed by atoms with van der Waals surface area (Å²) in [5.74, 6) is 0.986. The van der Waals surface area contributed by atoms with Crippen LogP contribution in [0.3, 0.4) is 0 Å². The highest BCUT2D eigenvalue weighted by molar-refractivity contribution is 5.75. The van der Waals surface area contributed by atoms with Gasteiger partial charge in [0.1, 0.15) is 5.82 Å². The van der Waals surface area contributed by atoms with Gasteiger partial charge < -0.3 is 4.90 Å². The van der Waals surface area contributed by atoms with Crippen molar-refractivity contribution in [3.8, 4) is 0 Å². The van der Waals surface area contributed by atoms with Crippen molar-refractivity contribution in [1.82, 2.24) is 4.98 Å². The molecule has 0 saturated carbocycles. The monoisotopic (exact) mass is 224 g/mol. The number of benzene rings is 1. The molecule has 86 valence electrons. The van der Waals surface area contributed by atoms with Crippen LogP contribution in [0.4, 0.5) is 5.82 Å². The van der Waals surface area contributed by atoms with Crippen molar-refractivity contribution in [3.05, 3.63) is 59.8 Å². The van der Waals surface area contributed by atoms with E-state index in [0.29, 0.717) is 0 Å². The van der Waals surface area contributed by atoms with E-state index >= 15 is 0 Å². The zero-order valence-electron chi connectivity index (χ0n) is 10.2. The van der Waals surface area contributed by atoms with E-state index in [1.165, 1.54) is 5.56 Å². The van der Waals surface area contributed by atoms with Crippen molar-refractivity contribution in [2.75, 3.05) is 19.0 Å². The fourth-order valence-corrected chi connectivity index (χ4v) is 1.66. The maximum atomic E-state index is 4.37. The van der Waals surface area contributed by atoms with Gasteiger partial charge in [-0.2, -0.15) is 0 Å². The molecule has 0 radical (unpaired) electrons. The van der Waals surface area contributed by atoms with Gasteiger partial charge in [0.25, 0.3) is 0 Å². The first-order valence-corrected chi connectivity index (χ1v) is 5.63. The first-order chi connectivity index (χ1) is 8.27. The van der Waals surface area contributed by atoms with Crippen molar-refractivity contribution >= 4 is 18.0 Å². The van der Waals surface area contributed by atoms with Gasteiger partial charge in [0, 0.05) is 25.9 Å². The number of hydrogen-bond donors (Lipinski definition) is 0. The third-order valence-electron chi connectivity index (χ3n) is 2.50. The Kier molecular flexibility index (Phi) is 3.55. The summed E-state index contributed by atoms with van der Waals surface area (Å²) in [6.07, 6.45) is 6.01. The molecule has 0 saturated heterocycles. The number of anilines is 1. The normalized spacial score (nSPS) is 10.7. The lowest BCUT2D eigenvalue weighted by atomic mass is 10.1. The summed E-state index contributed by atoms with van der Waals surface area (Å²) < 4.78 is 0. The fourth-order valence-electron chi connectivity index (χ4n) is 1.66. The standard InChI is InChI=1S/C15H16N2/c1-17(2)15-14(9-6-12-16-15)11-10-13-7-4-3-5-8-13/h3-12H,1-2H3. The summed E-state index contributed by atoms with van der Waals surface area (Å²) in [5.41, 5.74) is 2.32. The zero-order chi connectivity index (χ0) is 12.1. The Balaban J connectivity index is 2.27. The number of hydrogen-bond acceptors (Lipinski definition) is 2. The van der Waals surface area contributed by atoms with Crippen LogP contribution >= 0.6 is 0 Å². The highest BCUT2D eigenvalue weighted by Gasteiger charge is 2.01. The van der Waals surface area contributed by atoms with E-state index in [0.717, 1.165) is 11.4 Å². The predicted octanol–water partition coefficient (Wildman–Crippen LogP) is 3.32. The Morgan fingerprint density at radius 1 is 0.941 bits per heavy atom. The molecule has 0 fully saturated rings. The maximum absolute atomic E-state index is 4.37. The molecule has 1 aromatic heterocycles. The molecular weight excluding hydrogens is 208 g/mol. The topological polar surface area (TPSA) is 16.1 Å². The third-order valence-corrected chi connectivity index (χ3v) is 2.50. The number of pyridine rings is 1. The molecule has 2 aromatic rings. The Morgan fingerprint density at radius 2 is 1.71 bits per heavy atom. The maximum Gasteiger partial charge on any atom is 0.135 e. The fraction of sp³-hybridized carbons (Fsp3) is 0.133. The largest absolute Gasteiger partial charge is 0.362 e. The van der Waals surface area contributed by atoms with Crippen LogP contribution in [0.2, 0.25) is 0 Å². The van der Waals surface area contributed by atoms with Crippen LogP contribution < -0.4 is 4.90 Å². The first kappa shape index (κ1) is 11.4. The molecule has 2 nitrogen and oxygen atoms in total. The first-order valence-electron chi connectivity index (χ1n) is 5.63. The lowest BCUT2D eigenvalue weighted by molar-refractivity contribution is 1.06. The van der Waals surface area contributed by atoms with Crippen LogP contribution in [0, 0.1) is 0 Å². The zero-order valence-corrected chi connectivity index (χ0v) is 10.2. The van der Waals surface area contributed by atoms with Gasteiger partial charge in [-0.15, -0.1) is 0 Å². The molecule has 0 aliphatic carbocycles. The Morgan fingerprint density at radius 3 is 2.41 bits per heavy atom. The minimum Gasteiger partial charge on any atom is -0.362 e. The molecule has 17 heavy (non-hydrogen) atoms. The molecule has 1 aromatic carbocycles. The van der Waals surface area contributed by atoms with E-state index in [9.17, 15) is 0 Å². The van der Waals surface area contributed by atoms with E-state index < -0.39 is 0 Å². The quantitative estimate of drug-likeness (QED) is 0.795. The molecule has 0 amide bonds. The van der Waals surface area contributed by atoms with Gasteiger partial charge in [0.15, 0.2) is 0 Å². The van der Waals surface area contributed by atoms with Crippen LogP contribution in [-0.4, -0.2) is 19.1 Å². The van der Waals surface area contributed by atoms with Crippen LogP contribution in [0.15, 0.2) is 48.7 Å². The lowest BCUT2D eigenvalue weighted by Gasteiger charge is -2.13. The molecule has 0 unspecified atom stereocenters. The van der Waals surface area contributed by atoms with Gasteiger partial charge in [-0.05, 0) is 17.7 Å². The second-order valence-corrected chi connectivity index (χ2v) is 4.05. The van der Waals surface area contributed by atoms with Crippen molar-refractivity contribution < 1.29 is 0 Å². The van der Waals surface area contributed by atoms with Crippen LogP contribution in [0.1, 0.15) is 11.1 Å². The molecule has 0 N–H and O–H groups in total. The average molecular weight is 224 g/mol. The summed E-state index contributed by atoms with van der Waals surface area (Å²) in [6, 6.07) is 14.3. The van der Waals surface area contributed by atoms with Crippen LogP contribution in [-0.2, 0) is 0 Å². The van der Waals surface area contributed by atoms with E-state index in [1.807, 2.05) is 49.5 Å². The third kappa shape index (κ3) is 2.94. The van der Waals surface area contributed by atoms with E-state index in [-0.39, 0.29) is 0 Å². The SMILES string of the molecule is CN(C)c1ncccc1C=Cc1ccccc1. The van der Waals surface area contributed by atoms with Gasteiger partial charge >= 0.3 is 0 Å². The Bertz CT molecular complexity index is 501. The summed E-state index contributed by atoms with van der Waals surface area (Å²) in [5, 5.41) is 0. The minimum atomic E-state index is 0.986. The van der Waals surface area contributed by atoms with Crippen molar-refractivity contribution in [3.63, 3.8) is 0 Å². The second kappa shape index (κ2) is 5.30. The van der Waals surface area contributed by atoms with E-state index in [4.69, 9.17) is 0 Å². The average Bonchev–Trinajstić information content (AvgIpc) is 2.38. The molecule has 0 spiro atoms. The van der Waals surface area contributed by atoms with E-state index in [1.54, 1.807) is 0 Å². The summed E-state index contributed by atoms with van der Waals surface area (Å²) >= 11 is 0. The number of rotatable bonds is 3. The summed E-state index contributed by atoms with van der Waals surface area (Å²) in [7, 11) is 4.00. The van der Waals surface area contributed by atoms with Crippen LogP contribution in [0.5, 0.6) is 0 Å². The predicted molar refractivity (Wildman–Crippen MR) is 73.9 cm³/mol. The molecule has 2 rings (SSSR count). The van der Waals surface area contributed by atoms with Gasteiger partial charge in [-0.25, -0.2) is 4.98 Å². The van der Waals surface area contributed by atoms with Crippen molar-refractivity contribution in [2.45, 2.75) is 0 Å². The van der Waals surface area contributed by atoms with Gasteiger partial charge in [0.05, 0.1) is 0 Å². The summed E-state index contributed by atoms with van der Waals surface area (Å²) in [4.78, 5) is 6.38. The van der Waals surface area contributed by atoms with Crippen LogP contribution in [0.25, 0.3) is 12.2 Å². The molecule has 1 heterocycles. The van der Waals surface area contributed by atoms with Gasteiger partial charge in [-0.1, -0.05) is 42.5 Å². The smallest absolute Gasteiger partial charge is 0.135 e. The van der Waals surface area contributed by atoms with E-state index in [2.05, 4.69) is 35.3 Å². The molecule has 0 aliphatic rings. The van der Waals surface area contributed by atoms with Crippen molar-refractivity contribution in [2.24, 2.45) is 0 Å². The van der Waals surface area contributed by atoms with Gasteiger partial charge in [0.2, 0.25) is 0 Å². The van der Waals surface area contributed by atoms with Crippen molar-refractivity contribution in [1.29, 1.82) is 0 Å². The molecule has 0 aliphatic heterocycles. The lowest BCUT2D eigenvalue weighted by Crippen LogP contribution is -2.11. The molecular formula is C15H16N2. The Labute approximate surface area is 102 Å². The second-order valence-electron chi connectivity index (χ2n) is 4.05. The van der Waals surface area contributed by atoms with Gasteiger partial charge in [-0.3, -0.25) is 0 Å². The molecule has 2 heteroatoms. The Hall–Kier alpha value is -2.09. The minimum absolute atomic E-state index is 0.986. The molecule has 0 atom stereocenters. The molecule has 0 bridgehead atoms. The summed E-state index contributed by atoms with van der Waals surface area (Å²) in [6.45, 7) is 0. The highest BCUT2D eigenvalue weighted by Crippen LogP contribution is 2.17. The number of aromatic nitrogens is 1. The highest BCUT2D eigenvalue weighted by atomic mass is 15.1.